The molecule has 110 valence electrons. The highest BCUT2D eigenvalue weighted by Gasteiger charge is 2.33. The van der Waals surface area contributed by atoms with E-state index in [2.05, 4.69) is 0 Å². The van der Waals surface area contributed by atoms with Crippen LogP contribution in [-0.4, -0.2) is 23.4 Å². The molecule has 1 aliphatic rings. The summed E-state index contributed by atoms with van der Waals surface area (Å²) in [4.78, 5) is 14.1. The monoisotopic (exact) mass is 278 g/mol. The number of nitrogens with zero attached hydrogens (tertiary/aromatic N) is 1. The van der Waals surface area contributed by atoms with Gasteiger partial charge in [-0.05, 0) is 32.3 Å². The molecule has 0 saturated carbocycles. The first-order valence-electron chi connectivity index (χ1n) is 7.35. The molecular formula is C16H23FN2O. The lowest BCUT2D eigenvalue weighted by Crippen LogP contribution is -2.43. The zero-order valence-electron chi connectivity index (χ0n) is 12.2. The fourth-order valence-corrected chi connectivity index (χ4v) is 2.97. The van der Waals surface area contributed by atoms with E-state index in [0.29, 0.717) is 18.5 Å². The molecule has 1 aromatic rings. The van der Waals surface area contributed by atoms with Crippen LogP contribution in [0.4, 0.5) is 4.39 Å². The maximum atomic E-state index is 14.2. The standard InChI is InChI=1S/C16H23FN2O/c1-3-9-19-15(20)6-4-5-14(18)16(19)12-10-11(2)7-8-13(12)17/h7-8,10,14,16H,3-6,9,18H2,1-2H3. The number of aryl methyl sites for hydroxylation is 1. The smallest absolute Gasteiger partial charge is 0.223 e. The van der Waals surface area contributed by atoms with Crippen molar-refractivity contribution in [1.29, 1.82) is 0 Å². The van der Waals surface area contributed by atoms with E-state index in [1.54, 1.807) is 11.0 Å². The predicted octanol–water partition coefficient (Wildman–Crippen LogP) is 2.93. The van der Waals surface area contributed by atoms with Crippen molar-refractivity contribution in [3.8, 4) is 0 Å². The van der Waals surface area contributed by atoms with Gasteiger partial charge in [0.2, 0.25) is 5.91 Å². The number of halogens is 1. The van der Waals surface area contributed by atoms with Gasteiger partial charge >= 0.3 is 0 Å². The van der Waals surface area contributed by atoms with Gasteiger partial charge in [0.25, 0.3) is 0 Å². The molecule has 2 atom stereocenters. The number of likely N-dealkylation sites (tertiary alicyclic amines) is 1. The Hall–Kier alpha value is -1.42. The minimum atomic E-state index is -0.343. The Balaban J connectivity index is 2.45. The minimum absolute atomic E-state index is 0.0886. The lowest BCUT2D eigenvalue weighted by molar-refractivity contribution is -0.133. The Bertz CT molecular complexity index is 489. The molecule has 3 nitrogen and oxygen atoms in total. The summed E-state index contributed by atoms with van der Waals surface area (Å²) >= 11 is 0. The summed E-state index contributed by atoms with van der Waals surface area (Å²) in [5.41, 5.74) is 7.80. The first kappa shape index (κ1) is 15.0. The summed E-state index contributed by atoms with van der Waals surface area (Å²) in [5.74, 6) is -0.183. The number of amides is 1. The Morgan fingerprint density at radius 1 is 1.45 bits per heavy atom. The van der Waals surface area contributed by atoms with Crippen molar-refractivity contribution >= 4 is 5.91 Å². The predicted molar refractivity (Wildman–Crippen MR) is 77.7 cm³/mol. The van der Waals surface area contributed by atoms with Crippen molar-refractivity contribution in [2.75, 3.05) is 6.54 Å². The van der Waals surface area contributed by atoms with Crippen LogP contribution in [0.15, 0.2) is 18.2 Å². The van der Waals surface area contributed by atoms with Crippen molar-refractivity contribution in [2.45, 2.75) is 51.6 Å². The molecule has 2 N–H and O–H groups in total. The Kier molecular flexibility index (Phi) is 4.76. The molecule has 1 heterocycles. The number of benzene rings is 1. The van der Waals surface area contributed by atoms with Crippen molar-refractivity contribution in [1.82, 2.24) is 4.90 Å². The summed E-state index contributed by atoms with van der Waals surface area (Å²) in [6, 6.07) is 4.49. The molecular weight excluding hydrogens is 255 g/mol. The van der Waals surface area contributed by atoms with Crippen LogP contribution >= 0.6 is 0 Å². The molecule has 1 amide bonds. The van der Waals surface area contributed by atoms with Crippen molar-refractivity contribution in [3.05, 3.63) is 35.1 Å². The second kappa shape index (κ2) is 6.35. The van der Waals surface area contributed by atoms with Crippen LogP contribution in [0.5, 0.6) is 0 Å². The van der Waals surface area contributed by atoms with Crippen LogP contribution in [0.1, 0.15) is 49.8 Å². The van der Waals surface area contributed by atoms with Crippen molar-refractivity contribution in [2.24, 2.45) is 5.73 Å². The molecule has 1 aromatic carbocycles. The third-order valence-electron chi connectivity index (χ3n) is 3.92. The molecule has 1 aliphatic heterocycles. The van der Waals surface area contributed by atoms with E-state index in [4.69, 9.17) is 5.73 Å². The molecule has 4 heteroatoms. The summed E-state index contributed by atoms with van der Waals surface area (Å²) in [6.45, 7) is 4.58. The van der Waals surface area contributed by atoms with Crippen LogP contribution in [0.3, 0.4) is 0 Å². The van der Waals surface area contributed by atoms with Crippen LogP contribution in [0, 0.1) is 12.7 Å². The van der Waals surface area contributed by atoms with Gasteiger partial charge in [-0.3, -0.25) is 4.79 Å². The fourth-order valence-electron chi connectivity index (χ4n) is 2.97. The Morgan fingerprint density at radius 2 is 2.20 bits per heavy atom. The van der Waals surface area contributed by atoms with Crippen LogP contribution in [0.25, 0.3) is 0 Å². The van der Waals surface area contributed by atoms with Gasteiger partial charge in [-0.25, -0.2) is 4.39 Å². The number of nitrogens with two attached hydrogens (primary N) is 1. The van der Waals surface area contributed by atoms with Crippen molar-refractivity contribution < 1.29 is 9.18 Å². The number of hydrogen-bond acceptors (Lipinski definition) is 2. The van der Waals surface area contributed by atoms with E-state index in [0.717, 1.165) is 24.8 Å². The molecule has 20 heavy (non-hydrogen) atoms. The summed E-state index contributed by atoms with van der Waals surface area (Å²) in [5, 5.41) is 0. The van der Waals surface area contributed by atoms with E-state index in [9.17, 15) is 9.18 Å². The lowest BCUT2D eigenvalue weighted by atomic mass is 9.94. The van der Waals surface area contributed by atoms with E-state index in [1.165, 1.54) is 6.07 Å². The largest absolute Gasteiger partial charge is 0.334 e. The van der Waals surface area contributed by atoms with Gasteiger partial charge < -0.3 is 10.6 Å². The van der Waals surface area contributed by atoms with Gasteiger partial charge in [-0.2, -0.15) is 0 Å². The maximum Gasteiger partial charge on any atom is 0.223 e. The number of carbonyl (C=O) groups excluding carboxylic acids is 1. The highest BCUT2D eigenvalue weighted by molar-refractivity contribution is 5.77. The Labute approximate surface area is 120 Å². The van der Waals surface area contributed by atoms with Gasteiger partial charge in [0, 0.05) is 24.6 Å². The van der Waals surface area contributed by atoms with Gasteiger partial charge in [-0.15, -0.1) is 0 Å². The first-order chi connectivity index (χ1) is 9.54. The normalized spacial score (nSPS) is 23.8. The minimum Gasteiger partial charge on any atom is -0.334 e. The third-order valence-corrected chi connectivity index (χ3v) is 3.92. The van der Waals surface area contributed by atoms with Crippen LogP contribution in [0.2, 0.25) is 0 Å². The van der Waals surface area contributed by atoms with E-state index < -0.39 is 0 Å². The molecule has 2 rings (SSSR count). The van der Waals surface area contributed by atoms with Gasteiger partial charge in [0.05, 0.1) is 6.04 Å². The molecule has 1 saturated heterocycles. The molecule has 2 unspecified atom stereocenters. The van der Waals surface area contributed by atoms with E-state index in [1.807, 2.05) is 19.9 Å². The number of carbonyl (C=O) groups is 1. The molecule has 0 aromatic heterocycles. The van der Waals surface area contributed by atoms with E-state index in [-0.39, 0.29) is 23.8 Å². The highest BCUT2D eigenvalue weighted by Crippen LogP contribution is 2.32. The molecule has 0 spiro atoms. The van der Waals surface area contributed by atoms with Crippen molar-refractivity contribution in [3.63, 3.8) is 0 Å². The van der Waals surface area contributed by atoms with Crippen LogP contribution in [-0.2, 0) is 4.79 Å². The number of rotatable bonds is 3. The second-order valence-corrected chi connectivity index (χ2v) is 5.61. The number of hydrogen-bond donors (Lipinski definition) is 1. The lowest BCUT2D eigenvalue weighted by Gasteiger charge is -2.34. The quantitative estimate of drug-likeness (QED) is 0.924. The third kappa shape index (κ3) is 3.01. The van der Waals surface area contributed by atoms with E-state index >= 15 is 0 Å². The zero-order chi connectivity index (χ0) is 14.7. The summed E-state index contributed by atoms with van der Waals surface area (Å²) in [6.07, 6.45) is 2.90. The molecule has 1 fully saturated rings. The average molecular weight is 278 g/mol. The average Bonchev–Trinajstić information content (AvgIpc) is 2.54. The highest BCUT2D eigenvalue weighted by atomic mass is 19.1. The Morgan fingerprint density at radius 3 is 2.90 bits per heavy atom. The molecule has 0 aliphatic carbocycles. The van der Waals surface area contributed by atoms with Gasteiger partial charge in [-0.1, -0.05) is 24.6 Å². The molecule has 0 bridgehead atoms. The molecule has 0 radical (unpaired) electrons. The first-order valence-corrected chi connectivity index (χ1v) is 7.35. The SMILES string of the molecule is CCCN1C(=O)CCCC(N)C1c1cc(C)ccc1F. The van der Waals surface area contributed by atoms with Crippen LogP contribution < -0.4 is 5.73 Å². The second-order valence-electron chi connectivity index (χ2n) is 5.61. The fraction of sp³-hybridized carbons (Fsp3) is 0.562. The maximum absolute atomic E-state index is 14.2. The van der Waals surface area contributed by atoms with Gasteiger partial charge in [0.1, 0.15) is 5.82 Å². The zero-order valence-corrected chi connectivity index (χ0v) is 12.2. The topological polar surface area (TPSA) is 46.3 Å². The summed E-state index contributed by atoms with van der Waals surface area (Å²) in [7, 11) is 0. The summed E-state index contributed by atoms with van der Waals surface area (Å²) < 4.78 is 14.2. The van der Waals surface area contributed by atoms with Gasteiger partial charge in [0.15, 0.2) is 0 Å².